The fourth-order valence-corrected chi connectivity index (χ4v) is 2.11. The van der Waals surface area contributed by atoms with E-state index in [1.807, 2.05) is 39.0 Å². The molecular formula is C15H18ClN3O. The number of nitrogens with zero attached hydrogens (tertiary/aromatic N) is 3. The van der Waals surface area contributed by atoms with Gasteiger partial charge in [-0.2, -0.15) is 5.06 Å². The quantitative estimate of drug-likeness (QED) is 0.684. The maximum atomic E-state index is 10.4. The lowest BCUT2D eigenvalue weighted by Gasteiger charge is -2.28. The van der Waals surface area contributed by atoms with Crippen LogP contribution >= 0.6 is 11.6 Å². The molecule has 0 aliphatic carbocycles. The molecule has 2 aromatic rings. The Balaban J connectivity index is 2.15. The zero-order valence-corrected chi connectivity index (χ0v) is 12.5. The number of hydroxylamine groups is 2. The molecule has 0 saturated carbocycles. The summed E-state index contributed by atoms with van der Waals surface area (Å²) in [7, 11) is 0. The second kappa shape index (κ2) is 6.31. The van der Waals surface area contributed by atoms with Crippen LogP contribution in [-0.2, 0) is 0 Å². The molecule has 2 atom stereocenters. The van der Waals surface area contributed by atoms with Crippen LogP contribution in [0.15, 0.2) is 36.7 Å². The van der Waals surface area contributed by atoms with Gasteiger partial charge in [-0.15, -0.1) is 0 Å². The van der Waals surface area contributed by atoms with Crippen molar-refractivity contribution >= 4 is 11.6 Å². The van der Waals surface area contributed by atoms with Crippen molar-refractivity contribution in [1.29, 1.82) is 0 Å². The van der Waals surface area contributed by atoms with Crippen molar-refractivity contribution in [1.82, 2.24) is 15.0 Å². The Hall–Kier alpha value is -1.49. The zero-order valence-electron chi connectivity index (χ0n) is 11.8. The first-order valence-corrected chi connectivity index (χ1v) is 6.88. The van der Waals surface area contributed by atoms with Gasteiger partial charge in [0.05, 0.1) is 12.1 Å². The summed E-state index contributed by atoms with van der Waals surface area (Å²) in [6.45, 7) is 5.79. The molecule has 0 radical (unpaired) electrons. The Kier molecular flexibility index (Phi) is 4.70. The summed E-state index contributed by atoms with van der Waals surface area (Å²) in [5.74, 6) is 0. The first kappa shape index (κ1) is 14.9. The number of rotatable bonds is 4. The number of pyridine rings is 2. The minimum absolute atomic E-state index is 0.159. The molecule has 0 aliphatic heterocycles. The minimum Gasteiger partial charge on any atom is -0.313 e. The molecule has 106 valence electrons. The molecule has 0 bridgehead atoms. The Morgan fingerprint density at radius 3 is 2.00 bits per heavy atom. The maximum absolute atomic E-state index is 10.4. The van der Waals surface area contributed by atoms with Crippen LogP contribution in [0.25, 0.3) is 0 Å². The third-order valence-electron chi connectivity index (χ3n) is 3.44. The van der Waals surface area contributed by atoms with Gasteiger partial charge < -0.3 is 5.21 Å². The molecule has 4 nitrogen and oxygen atoms in total. The van der Waals surface area contributed by atoms with E-state index >= 15 is 0 Å². The van der Waals surface area contributed by atoms with Gasteiger partial charge in [0.15, 0.2) is 0 Å². The Morgan fingerprint density at radius 1 is 1.00 bits per heavy atom. The first-order valence-electron chi connectivity index (χ1n) is 6.50. The Labute approximate surface area is 124 Å². The van der Waals surface area contributed by atoms with Crippen molar-refractivity contribution < 1.29 is 5.21 Å². The van der Waals surface area contributed by atoms with Crippen LogP contribution in [0.2, 0.25) is 5.15 Å². The number of hydrogen-bond donors (Lipinski definition) is 1. The molecule has 2 rings (SSSR count). The van der Waals surface area contributed by atoms with Crippen LogP contribution in [0, 0.1) is 6.92 Å². The predicted octanol–water partition coefficient (Wildman–Crippen LogP) is 3.95. The normalized spacial score (nSPS) is 14.3. The SMILES string of the molecule is Cc1ccc(C(C)N(O)C(C)c2ccc(Cl)nc2)cn1. The summed E-state index contributed by atoms with van der Waals surface area (Å²) in [4.78, 5) is 8.30. The topological polar surface area (TPSA) is 49.2 Å². The van der Waals surface area contributed by atoms with E-state index in [0.717, 1.165) is 16.8 Å². The van der Waals surface area contributed by atoms with Crippen molar-refractivity contribution in [2.24, 2.45) is 0 Å². The molecule has 2 aromatic heterocycles. The van der Waals surface area contributed by atoms with Crippen molar-refractivity contribution in [3.8, 4) is 0 Å². The average Bonchev–Trinajstić information content (AvgIpc) is 2.46. The van der Waals surface area contributed by atoms with Crippen molar-refractivity contribution in [2.75, 3.05) is 0 Å². The van der Waals surface area contributed by atoms with Gasteiger partial charge in [0.1, 0.15) is 5.15 Å². The third-order valence-corrected chi connectivity index (χ3v) is 3.67. The molecule has 0 aliphatic rings. The largest absolute Gasteiger partial charge is 0.313 e. The lowest BCUT2D eigenvalue weighted by atomic mass is 10.1. The highest BCUT2D eigenvalue weighted by Crippen LogP contribution is 2.28. The molecule has 0 spiro atoms. The Morgan fingerprint density at radius 2 is 1.55 bits per heavy atom. The highest BCUT2D eigenvalue weighted by atomic mass is 35.5. The number of halogens is 1. The van der Waals surface area contributed by atoms with Gasteiger partial charge in [0.2, 0.25) is 0 Å². The molecule has 0 fully saturated rings. The van der Waals surface area contributed by atoms with Gasteiger partial charge in [0, 0.05) is 18.1 Å². The smallest absolute Gasteiger partial charge is 0.129 e. The fraction of sp³-hybridized carbons (Fsp3) is 0.333. The summed E-state index contributed by atoms with van der Waals surface area (Å²) < 4.78 is 0. The van der Waals surface area contributed by atoms with Gasteiger partial charge in [0.25, 0.3) is 0 Å². The van der Waals surface area contributed by atoms with Crippen LogP contribution in [-0.4, -0.2) is 20.2 Å². The minimum atomic E-state index is -0.184. The van der Waals surface area contributed by atoms with E-state index in [2.05, 4.69) is 9.97 Å². The molecule has 0 aromatic carbocycles. The molecule has 20 heavy (non-hydrogen) atoms. The van der Waals surface area contributed by atoms with Crippen molar-refractivity contribution in [2.45, 2.75) is 32.9 Å². The molecule has 1 N–H and O–H groups in total. The average molecular weight is 292 g/mol. The van der Waals surface area contributed by atoms with Gasteiger partial charge in [-0.25, -0.2) is 4.98 Å². The zero-order chi connectivity index (χ0) is 14.7. The molecule has 2 heterocycles. The van der Waals surface area contributed by atoms with Gasteiger partial charge in [-0.05, 0) is 44.0 Å². The maximum Gasteiger partial charge on any atom is 0.129 e. The van der Waals surface area contributed by atoms with E-state index in [-0.39, 0.29) is 12.1 Å². The fourth-order valence-electron chi connectivity index (χ4n) is 2.00. The molecular weight excluding hydrogens is 274 g/mol. The molecule has 5 heteroatoms. The molecule has 0 saturated heterocycles. The second-order valence-corrected chi connectivity index (χ2v) is 5.27. The van der Waals surface area contributed by atoms with E-state index in [4.69, 9.17) is 11.6 Å². The van der Waals surface area contributed by atoms with Gasteiger partial charge in [-0.3, -0.25) is 4.98 Å². The lowest BCUT2D eigenvalue weighted by Crippen LogP contribution is -2.26. The summed E-state index contributed by atoms with van der Waals surface area (Å²) in [6, 6.07) is 7.16. The van der Waals surface area contributed by atoms with Crippen molar-refractivity contribution in [3.63, 3.8) is 0 Å². The first-order chi connectivity index (χ1) is 9.49. The highest BCUT2D eigenvalue weighted by molar-refractivity contribution is 6.29. The third kappa shape index (κ3) is 3.33. The van der Waals surface area contributed by atoms with Gasteiger partial charge >= 0.3 is 0 Å². The molecule has 0 amide bonds. The van der Waals surface area contributed by atoms with E-state index < -0.39 is 0 Å². The van der Waals surface area contributed by atoms with E-state index in [1.165, 1.54) is 5.06 Å². The van der Waals surface area contributed by atoms with Crippen molar-refractivity contribution in [3.05, 3.63) is 58.6 Å². The Bertz CT molecular complexity index is 505. The predicted molar refractivity (Wildman–Crippen MR) is 78.7 cm³/mol. The van der Waals surface area contributed by atoms with Crippen LogP contribution < -0.4 is 0 Å². The summed E-state index contributed by atoms with van der Waals surface area (Å²) in [5.41, 5.74) is 2.83. The van der Waals surface area contributed by atoms with E-state index in [1.54, 1.807) is 18.5 Å². The number of aromatic nitrogens is 2. The van der Waals surface area contributed by atoms with E-state index in [0.29, 0.717) is 5.15 Å². The van der Waals surface area contributed by atoms with Crippen LogP contribution in [0.3, 0.4) is 0 Å². The monoisotopic (exact) mass is 291 g/mol. The van der Waals surface area contributed by atoms with Crippen LogP contribution in [0.1, 0.15) is 42.8 Å². The standard InChI is InChI=1S/C15H18ClN3O/c1-10-4-5-13(8-17-10)11(2)19(20)12(3)14-6-7-15(16)18-9-14/h4-9,11-12,20H,1-3H3. The highest BCUT2D eigenvalue weighted by Gasteiger charge is 2.21. The summed E-state index contributed by atoms with van der Waals surface area (Å²) >= 11 is 5.77. The molecule has 2 unspecified atom stereocenters. The summed E-state index contributed by atoms with van der Waals surface area (Å²) in [5, 5.41) is 12.1. The number of hydrogen-bond acceptors (Lipinski definition) is 4. The number of aryl methyl sites for hydroxylation is 1. The second-order valence-electron chi connectivity index (χ2n) is 4.88. The van der Waals surface area contributed by atoms with E-state index in [9.17, 15) is 5.21 Å². The lowest BCUT2D eigenvalue weighted by molar-refractivity contribution is -0.155. The summed E-state index contributed by atoms with van der Waals surface area (Å²) in [6.07, 6.45) is 3.46. The van der Waals surface area contributed by atoms with Gasteiger partial charge in [-0.1, -0.05) is 23.7 Å². The van der Waals surface area contributed by atoms with Crippen LogP contribution in [0.5, 0.6) is 0 Å². The van der Waals surface area contributed by atoms with Crippen LogP contribution in [0.4, 0.5) is 0 Å².